The maximum Gasteiger partial charge on any atom is 0.273 e. The SMILES string of the molecule is COc1cc([N+](=O)[O-])ccc1C(=O)Nc1nc(C(=O)NCCN(C(C)C)C(C)C)cs1. The van der Waals surface area contributed by atoms with Gasteiger partial charge >= 0.3 is 0 Å². The Labute approximate surface area is 184 Å². The van der Waals surface area contributed by atoms with Crippen molar-refractivity contribution in [1.29, 1.82) is 0 Å². The van der Waals surface area contributed by atoms with Gasteiger partial charge in [-0.3, -0.25) is 29.9 Å². The quantitative estimate of drug-likeness (QED) is 0.421. The average Bonchev–Trinajstić information content (AvgIpc) is 3.18. The first-order valence-corrected chi connectivity index (χ1v) is 10.6. The monoisotopic (exact) mass is 449 g/mol. The van der Waals surface area contributed by atoms with Crippen molar-refractivity contribution in [1.82, 2.24) is 15.2 Å². The summed E-state index contributed by atoms with van der Waals surface area (Å²) in [5, 5.41) is 18.1. The lowest BCUT2D eigenvalue weighted by molar-refractivity contribution is -0.384. The van der Waals surface area contributed by atoms with Gasteiger partial charge in [0.15, 0.2) is 5.13 Å². The van der Waals surface area contributed by atoms with Gasteiger partial charge in [-0.25, -0.2) is 4.98 Å². The van der Waals surface area contributed by atoms with Crippen molar-refractivity contribution in [3.8, 4) is 5.75 Å². The Morgan fingerprint density at radius 2 is 1.90 bits per heavy atom. The first-order valence-electron chi connectivity index (χ1n) is 9.77. The van der Waals surface area contributed by atoms with Crippen LogP contribution in [-0.4, -0.2) is 58.9 Å². The molecular weight excluding hydrogens is 422 g/mol. The van der Waals surface area contributed by atoms with Gasteiger partial charge in [0.25, 0.3) is 17.5 Å². The molecule has 0 aliphatic rings. The molecule has 2 rings (SSSR count). The van der Waals surface area contributed by atoms with Crippen molar-refractivity contribution >= 4 is 34.0 Å². The van der Waals surface area contributed by atoms with Crippen LogP contribution in [0.15, 0.2) is 23.6 Å². The Bertz CT molecular complexity index is 936. The van der Waals surface area contributed by atoms with Gasteiger partial charge in [-0.2, -0.15) is 0 Å². The molecule has 168 valence electrons. The van der Waals surface area contributed by atoms with E-state index >= 15 is 0 Å². The predicted molar refractivity (Wildman–Crippen MR) is 119 cm³/mol. The smallest absolute Gasteiger partial charge is 0.273 e. The fraction of sp³-hybridized carbons (Fsp3) is 0.450. The molecule has 0 spiro atoms. The van der Waals surface area contributed by atoms with Gasteiger partial charge in [0, 0.05) is 36.6 Å². The number of rotatable bonds is 10. The van der Waals surface area contributed by atoms with Crippen LogP contribution in [-0.2, 0) is 0 Å². The summed E-state index contributed by atoms with van der Waals surface area (Å²) in [6.45, 7) is 9.63. The van der Waals surface area contributed by atoms with Crippen LogP contribution in [0.25, 0.3) is 0 Å². The van der Waals surface area contributed by atoms with Crippen molar-refractivity contribution in [3.05, 3.63) is 45.0 Å². The van der Waals surface area contributed by atoms with Crippen molar-refractivity contribution in [2.24, 2.45) is 0 Å². The molecule has 0 unspecified atom stereocenters. The topological polar surface area (TPSA) is 127 Å². The number of thiazole rings is 1. The molecule has 0 aliphatic carbocycles. The highest BCUT2D eigenvalue weighted by atomic mass is 32.1. The van der Waals surface area contributed by atoms with Crippen molar-refractivity contribution in [2.45, 2.75) is 39.8 Å². The number of hydrogen-bond donors (Lipinski definition) is 2. The van der Waals surface area contributed by atoms with Gasteiger partial charge in [-0.05, 0) is 33.8 Å². The number of carbonyl (C=O) groups is 2. The summed E-state index contributed by atoms with van der Waals surface area (Å²) in [5.41, 5.74) is 0.142. The molecule has 2 N–H and O–H groups in total. The van der Waals surface area contributed by atoms with E-state index in [2.05, 4.69) is 48.2 Å². The summed E-state index contributed by atoms with van der Waals surface area (Å²) >= 11 is 1.11. The summed E-state index contributed by atoms with van der Waals surface area (Å²) in [5.74, 6) is -0.796. The zero-order valence-corrected chi connectivity index (χ0v) is 19.0. The van der Waals surface area contributed by atoms with Gasteiger partial charge in [0.05, 0.1) is 23.7 Å². The molecule has 0 fully saturated rings. The van der Waals surface area contributed by atoms with Crippen LogP contribution in [0.1, 0.15) is 48.5 Å². The highest BCUT2D eigenvalue weighted by Crippen LogP contribution is 2.26. The number of amides is 2. The molecule has 0 bridgehead atoms. The number of methoxy groups -OCH3 is 1. The molecule has 31 heavy (non-hydrogen) atoms. The van der Waals surface area contributed by atoms with E-state index in [4.69, 9.17) is 4.74 Å². The number of hydrogen-bond acceptors (Lipinski definition) is 8. The number of anilines is 1. The molecule has 1 heterocycles. The second kappa shape index (κ2) is 10.8. The number of ether oxygens (including phenoxy) is 1. The Kier molecular flexibility index (Phi) is 8.46. The van der Waals surface area contributed by atoms with Crippen molar-refractivity contribution < 1.29 is 19.2 Å². The number of nitrogens with zero attached hydrogens (tertiary/aromatic N) is 3. The summed E-state index contributed by atoms with van der Waals surface area (Å²) in [6, 6.07) is 4.44. The lowest BCUT2D eigenvalue weighted by Gasteiger charge is -2.30. The van der Waals surface area contributed by atoms with E-state index in [0.29, 0.717) is 18.6 Å². The summed E-state index contributed by atoms with van der Waals surface area (Å²) in [7, 11) is 1.32. The number of non-ortho nitro benzene ring substituents is 1. The maximum atomic E-state index is 12.5. The second-order valence-corrected chi connectivity index (χ2v) is 8.17. The molecule has 1 aromatic carbocycles. The molecule has 0 radical (unpaired) electrons. The largest absolute Gasteiger partial charge is 0.496 e. The fourth-order valence-corrected chi connectivity index (χ4v) is 3.77. The Morgan fingerprint density at radius 1 is 1.23 bits per heavy atom. The molecule has 0 saturated carbocycles. The summed E-state index contributed by atoms with van der Waals surface area (Å²) in [6.07, 6.45) is 0. The Hall–Kier alpha value is -3.05. The molecule has 11 heteroatoms. The molecule has 2 aromatic rings. The van der Waals surface area contributed by atoms with Crippen LogP contribution in [0.4, 0.5) is 10.8 Å². The van der Waals surface area contributed by atoms with Crippen molar-refractivity contribution in [2.75, 3.05) is 25.5 Å². The predicted octanol–water partition coefficient (Wildman–Crippen LogP) is 3.16. The van der Waals surface area contributed by atoms with Gasteiger partial charge < -0.3 is 10.1 Å². The van der Waals surface area contributed by atoms with E-state index in [0.717, 1.165) is 17.9 Å². The molecule has 0 aliphatic heterocycles. The second-order valence-electron chi connectivity index (χ2n) is 7.31. The number of nitrogens with one attached hydrogen (secondary N) is 2. The molecule has 0 atom stereocenters. The number of nitro groups is 1. The third kappa shape index (κ3) is 6.46. The minimum atomic E-state index is -0.572. The number of aromatic nitrogens is 1. The van der Waals surface area contributed by atoms with Crippen LogP contribution in [0, 0.1) is 10.1 Å². The zero-order chi connectivity index (χ0) is 23.1. The van der Waals surface area contributed by atoms with E-state index in [1.54, 1.807) is 5.38 Å². The van der Waals surface area contributed by atoms with Crippen LogP contribution < -0.4 is 15.4 Å². The number of benzene rings is 1. The molecule has 10 nitrogen and oxygen atoms in total. The lowest BCUT2D eigenvalue weighted by atomic mass is 10.1. The summed E-state index contributed by atoms with van der Waals surface area (Å²) in [4.78, 5) is 41.6. The molecular formula is C20H27N5O5S. The van der Waals surface area contributed by atoms with E-state index in [1.165, 1.54) is 25.3 Å². The molecule has 1 aromatic heterocycles. The lowest BCUT2D eigenvalue weighted by Crippen LogP contribution is -2.42. The van der Waals surface area contributed by atoms with Crippen molar-refractivity contribution in [3.63, 3.8) is 0 Å². The van der Waals surface area contributed by atoms with E-state index in [-0.39, 0.29) is 33.7 Å². The first kappa shape index (κ1) is 24.2. The minimum Gasteiger partial charge on any atom is -0.496 e. The number of nitro benzene ring substituents is 1. The third-order valence-corrected chi connectivity index (χ3v) is 5.34. The van der Waals surface area contributed by atoms with E-state index < -0.39 is 10.8 Å². The average molecular weight is 450 g/mol. The Balaban J connectivity index is 1.99. The van der Waals surface area contributed by atoms with Crippen LogP contribution >= 0.6 is 11.3 Å². The maximum absolute atomic E-state index is 12.5. The minimum absolute atomic E-state index is 0.0704. The van der Waals surface area contributed by atoms with Crippen LogP contribution in [0.3, 0.4) is 0 Å². The van der Waals surface area contributed by atoms with Crippen LogP contribution in [0.5, 0.6) is 5.75 Å². The summed E-state index contributed by atoms with van der Waals surface area (Å²) < 4.78 is 5.09. The van der Waals surface area contributed by atoms with Gasteiger partial charge in [-0.1, -0.05) is 0 Å². The third-order valence-electron chi connectivity index (χ3n) is 4.58. The van der Waals surface area contributed by atoms with Crippen LogP contribution in [0.2, 0.25) is 0 Å². The molecule has 2 amide bonds. The fourth-order valence-electron chi connectivity index (χ4n) is 3.08. The van der Waals surface area contributed by atoms with Gasteiger partial charge in [-0.15, -0.1) is 11.3 Å². The zero-order valence-electron chi connectivity index (χ0n) is 18.2. The van der Waals surface area contributed by atoms with E-state index in [1.807, 2.05) is 0 Å². The number of carbonyl (C=O) groups excluding carboxylic acids is 2. The highest BCUT2D eigenvalue weighted by Gasteiger charge is 2.19. The highest BCUT2D eigenvalue weighted by molar-refractivity contribution is 7.14. The van der Waals surface area contributed by atoms with Gasteiger partial charge in [0.2, 0.25) is 0 Å². The normalized spacial score (nSPS) is 11.1. The standard InChI is InChI=1S/C20H27N5O5S/c1-12(2)24(13(3)4)9-8-21-19(27)16-11-31-20(22-16)23-18(26)15-7-6-14(25(28)29)10-17(15)30-5/h6-7,10-13H,8-9H2,1-5H3,(H,21,27)(H,22,23,26). The first-order chi connectivity index (χ1) is 14.6. The van der Waals surface area contributed by atoms with E-state index in [9.17, 15) is 19.7 Å². The Morgan fingerprint density at radius 3 is 2.48 bits per heavy atom. The van der Waals surface area contributed by atoms with Gasteiger partial charge in [0.1, 0.15) is 11.4 Å². The molecule has 0 saturated heterocycles.